The molecule has 0 radical (unpaired) electrons. The first-order valence-corrected chi connectivity index (χ1v) is 10.6. The second kappa shape index (κ2) is 7.09. The molecule has 0 N–H and O–H groups in total. The maximum atomic E-state index is 10.9. The molecule has 8 heteroatoms. The van der Waals surface area contributed by atoms with Crippen LogP contribution in [0.4, 0.5) is 5.82 Å². The lowest BCUT2D eigenvalue weighted by atomic mass is 9.86. The number of nitro groups is 1. The van der Waals surface area contributed by atoms with Crippen molar-refractivity contribution < 1.29 is 9.66 Å². The Hall–Kier alpha value is -2.48. The summed E-state index contributed by atoms with van der Waals surface area (Å²) < 4.78 is 7.75. The highest BCUT2D eigenvalue weighted by molar-refractivity contribution is 5.28. The van der Waals surface area contributed by atoms with Crippen LogP contribution >= 0.6 is 0 Å². The number of imidazole rings is 1. The van der Waals surface area contributed by atoms with Crippen LogP contribution in [0.2, 0.25) is 0 Å². The third-order valence-corrected chi connectivity index (χ3v) is 6.49. The van der Waals surface area contributed by atoms with E-state index in [9.17, 15) is 10.1 Å². The van der Waals surface area contributed by atoms with Crippen molar-refractivity contribution in [1.29, 1.82) is 0 Å². The van der Waals surface area contributed by atoms with Crippen molar-refractivity contribution in [2.24, 2.45) is 0 Å². The molecule has 0 bridgehead atoms. The molecule has 1 fully saturated rings. The molecule has 2 aromatic rings. The highest BCUT2D eigenvalue weighted by Gasteiger charge is 2.41. The van der Waals surface area contributed by atoms with Crippen molar-refractivity contribution in [3.63, 3.8) is 0 Å². The lowest BCUT2D eigenvalue weighted by Crippen LogP contribution is -2.46. The zero-order chi connectivity index (χ0) is 20.0. The van der Waals surface area contributed by atoms with Crippen LogP contribution in [0, 0.1) is 10.1 Å². The Morgan fingerprint density at radius 1 is 1.28 bits per heavy atom. The summed E-state index contributed by atoms with van der Waals surface area (Å²) in [4.78, 5) is 21.8. The van der Waals surface area contributed by atoms with E-state index in [1.807, 2.05) is 6.92 Å². The van der Waals surface area contributed by atoms with Crippen molar-refractivity contribution in [3.8, 4) is 6.01 Å². The summed E-state index contributed by atoms with van der Waals surface area (Å²) in [6.45, 7) is 5.21. The van der Waals surface area contributed by atoms with Gasteiger partial charge in [-0.3, -0.25) is 14.5 Å². The first-order chi connectivity index (χ1) is 14.0. The molecule has 0 saturated heterocycles. The maximum Gasteiger partial charge on any atom is 0.415 e. The van der Waals surface area contributed by atoms with Crippen molar-refractivity contribution in [2.75, 3.05) is 13.1 Å². The summed E-state index contributed by atoms with van der Waals surface area (Å²) in [6.07, 6.45) is 9.00. The number of pyridine rings is 1. The number of rotatable bonds is 4. The first kappa shape index (κ1) is 18.5. The zero-order valence-corrected chi connectivity index (χ0v) is 16.8. The monoisotopic (exact) mass is 397 g/mol. The average molecular weight is 397 g/mol. The van der Waals surface area contributed by atoms with Crippen molar-refractivity contribution in [2.45, 2.75) is 70.1 Å². The van der Waals surface area contributed by atoms with Crippen LogP contribution in [0.3, 0.4) is 0 Å². The van der Waals surface area contributed by atoms with E-state index < -0.39 is 10.5 Å². The fourth-order valence-corrected chi connectivity index (χ4v) is 5.09. The number of aromatic nitrogens is 3. The van der Waals surface area contributed by atoms with E-state index in [0.29, 0.717) is 18.5 Å². The Morgan fingerprint density at radius 3 is 2.86 bits per heavy atom. The third-order valence-electron chi connectivity index (χ3n) is 6.49. The van der Waals surface area contributed by atoms with Crippen LogP contribution in [0.15, 0.2) is 18.3 Å². The minimum Gasteiger partial charge on any atom is -0.436 e. The molecule has 0 unspecified atom stereocenters. The molecule has 1 atom stereocenters. The Labute approximate surface area is 170 Å². The molecule has 1 aliphatic carbocycles. The molecule has 0 amide bonds. The topological polar surface area (TPSA) is 86.3 Å². The lowest BCUT2D eigenvalue weighted by molar-refractivity contribution is -0.389. The Bertz CT molecular complexity index is 911. The average Bonchev–Trinajstić information content (AvgIpc) is 3.23. The van der Waals surface area contributed by atoms with E-state index in [-0.39, 0.29) is 5.82 Å². The van der Waals surface area contributed by atoms with E-state index in [4.69, 9.17) is 9.72 Å². The Balaban J connectivity index is 1.24. The van der Waals surface area contributed by atoms with Crippen LogP contribution in [0.25, 0.3) is 0 Å². The van der Waals surface area contributed by atoms with Crippen LogP contribution < -0.4 is 4.74 Å². The number of hydrogen-bond acceptors (Lipinski definition) is 6. The van der Waals surface area contributed by atoms with Crippen LogP contribution in [-0.2, 0) is 19.5 Å². The minimum absolute atomic E-state index is 0.159. The molecule has 1 saturated carbocycles. The van der Waals surface area contributed by atoms with Gasteiger partial charge in [0, 0.05) is 48.3 Å². The van der Waals surface area contributed by atoms with Gasteiger partial charge in [0.05, 0.1) is 6.54 Å². The normalized spacial score (nSPS) is 24.7. The molecule has 8 nitrogen and oxygen atoms in total. The molecule has 2 aliphatic heterocycles. The van der Waals surface area contributed by atoms with Gasteiger partial charge < -0.3 is 14.9 Å². The quantitative estimate of drug-likeness (QED) is 0.580. The van der Waals surface area contributed by atoms with Gasteiger partial charge in [-0.1, -0.05) is 25.3 Å². The molecule has 3 aliphatic rings. The Morgan fingerprint density at radius 2 is 2.10 bits per heavy atom. The smallest absolute Gasteiger partial charge is 0.415 e. The van der Waals surface area contributed by atoms with Crippen LogP contribution in [0.5, 0.6) is 6.01 Å². The SMILES string of the molecule is C[C@]1(CN2CCc3nc(C4CCCCC4)ccc3C2)Cn2cc([N+](=O)[O-])nc2O1. The fourth-order valence-electron chi connectivity index (χ4n) is 5.09. The van der Waals surface area contributed by atoms with E-state index in [1.54, 1.807) is 4.57 Å². The van der Waals surface area contributed by atoms with E-state index >= 15 is 0 Å². The molecule has 154 valence electrons. The minimum atomic E-state index is -0.484. The van der Waals surface area contributed by atoms with Gasteiger partial charge in [-0.15, -0.1) is 0 Å². The lowest BCUT2D eigenvalue weighted by Gasteiger charge is -2.34. The standard InChI is InChI=1S/C21H27N5O3/c1-21(14-25-12-19(26(27)28)23-20(25)29-21)13-24-10-9-18-16(11-24)7-8-17(22-18)15-5-3-2-4-6-15/h7-8,12,15H,2-6,9-11,13-14H2,1H3/t21-/m0/s1. The van der Waals surface area contributed by atoms with Gasteiger partial charge in [-0.2, -0.15) is 0 Å². The third kappa shape index (κ3) is 3.61. The molecule has 0 spiro atoms. The van der Waals surface area contributed by atoms with Crippen molar-refractivity contribution in [3.05, 3.63) is 45.4 Å². The molecule has 0 aromatic carbocycles. The van der Waals surface area contributed by atoms with Crippen molar-refractivity contribution >= 4 is 5.82 Å². The van der Waals surface area contributed by atoms with Gasteiger partial charge in [0.1, 0.15) is 11.8 Å². The van der Waals surface area contributed by atoms with Crippen LogP contribution in [-0.4, -0.2) is 43.0 Å². The second-order valence-corrected chi connectivity index (χ2v) is 8.96. The van der Waals surface area contributed by atoms with Gasteiger partial charge >= 0.3 is 11.8 Å². The number of ether oxygens (including phenoxy) is 1. The summed E-state index contributed by atoms with van der Waals surface area (Å²) in [6, 6.07) is 4.85. The molecule has 2 aromatic heterocycles. The molecular formula is C21H27N5O3. The van der Waals surface area contributed by atoms with Gasteiger partial charge in [0.2, 0.25) is 0 Å². The van der Waals surface area contributed by atoms with Gasteiger partial charge in [-0.25, -0.2) is 0 Å². The van der Waals surface area contributed by atoms with E-state index in [0.717, 1.165) is 26.1 Å². The number of hydrogen-bond donors (Lipinski definition) is 0. The van der Waals surface area contributed by atoms with Gasteiger partial charge in [-0.05, 0) is 36.3 Å². The first-order valence-electron chi connectivity index (χ1n) is 10.6. The molecule has 4 heterocycles. The second-order valence-electron chi connectivity index (χ2n) is 8.96. The number of nitrogens with zero attached hydrogens (tertiary/aromatic N) is 5. The number of fused-ring (bicyclic) bond motifs is 2. The largest absolute Gasteiger partial charge is 0.436 e. The summed E-state index contributed by atoms with van der Waals surface area (Å²) in [5, 5.41) is 10.9. The summed E-state index contributed by atoms with van der Waals surface area (Å²) in [7, 11) is 0. The van der Waals surface area contributed by atoms with E-state index in [1.165, 1.54) is 55.3 Å². The molecule has 5 rings (SSSR count). The highest BCUT2D eigenvalue weighted by atomic mass is 16.6. The Kier molecular flexibility index (Phi) is 4.53. The predicted octanol–water partition coefficient (Wildman–Crippen LogP) is 3.44. The summed E-state index contributed by atoms with van der Waals surface area (Å²) >= 11 is 0. The fraction of sp³-hybridized carbons (Fsp3) is 0.619. The summed E-state index contributed by atoms with van der Waals surface area (Å²) in [5.41, 5.74) is 3.43. The van der Waals surface area contributed by atoms with Crippen LogP contribution in [0.1, 0.15) is 61.9 Å². The van der Waals surface area contributed by atoms with Gasteiger partial charge in [0.25, 0.3) is 0 Å². The molecule has 29 heavy (non-hydrogen) atoms. The molecular weight excluding hydrogens is 370 g/mol. The predicted molar refractivity (Wildman–Crippen MR) is 107 cm³/mol. The van der Waals surface area contributed by atoms with E-state index in [2.05, 4.69) is 22.0 Å². The zero-order valence-electron chi connectivity index (χ0n) is 16.8. The van der Waals surface area contributed by atoms with Gasteiger partial charge in [0.15, 0.2) is 0 Å². The highest BCUT2D eigenvalue weighted by Crippen LogP contribution is 2.34. The summed E-state index contributed by atoms with van der Waals surface area (Å²) in [5.74, 6) is 0.484. The van der Waals surface area contributed by atoms with Crippen molar-refractivity contribution in [1.82, 2.24) is 19.4 Å². The maximum absolute atomic E-state index is 10.9.